The van der Waals surface area contributed by atoms with E-state index in [9.17, 15) is 0 Å². The molecule has 2 rings (SSSR count). The van der Waals surface area contributed by atoms with Gasteiger partial charge in [-0.1, -0.05) is 50.2 Å². The van der Waals surface area contributed by atoms with Gasteiger partial charge >= 0.3 is 0 Å². The largest absolute Gasteiger partial charge is 0.493 e. The van der Waals surface area contributed by atoms with Crippen LogP contribution >= 0.6 is 0 Å². The molecular formula is C20H27NO2. The van der Waals surface area contributed by atoms with Gasteiger partial charge in [-0.15, -0.1) is 0 Å². The van der Waals surface area contributed by atoms with Crippen LogP contribution in [0.3, 0.4) is 0 Å². The summed E-state index contributed by atoms with van der Waals surface area (Å²) >= 11 is 0. The van der Waals surface area contributed by atoms with Gasteiger partial charge in [0.15, 0.2) is 11.5 Å². The lowest BCUT2D eigenvalue weighted by Crippen LogP contribution is -2.16. The van der Waals surface area contributed by atoms with E-state index in [1.54, 1.807) is 7.11 Å². The molecule has 3 nitrogen and oxygen atoms in total. The Morgan fingerprint density at radius 1 is 0.957 bits per heavy atom. The summed E-state index contributed by atoms with van der Waals surface area (Å²) in [4.78, 5) is 0. The van der Waals surface area contributed by atoms with Crippen LogP contribution in [0.2, 0.25) is 0 Å². The predicted octanol–water partition coefficient (Wildman–Crippen LogP) is 4.06. The number of ether oxygens (including phenoxy) is 2. The van der Waals surface area contributed by atoms with Gasteiger partial charge in [-0.05, 0) is 42.1 Å². The first kappa shape index (κ1) is 17.4. The molecule has 0 fully saturated rings. The molecule has 1 N–H and O–H groups in total. The highest BCUT2D eigenvalue weighted by atomic mass is 16.5. The van der Waals surface area contributed by atoms with Gasteiger partial charge in [0.1, 0.15) is 0 Å². The third kappa shape index (κ3) is 5.95. The normalized spacial score (nSPS) is 10.8. The molecule has 0 bridgehead atoms. The van der Waals surface area contributed by atoms with Gasteiger partial charge < -0.3 is 14.8 Å². The van der Waals surface area contributed by atoms with Crippen molar-refractivity contribution in [3.8, 4) is 11.5 Å². The van der Waals surface area contributed by atoms with Gasteiger partial charge in [0.05, 0.1) is 13.7 Å². The highest BCUT2D eigenvalue weighted by Gasteiger charge is 2.06. The van der Waals surface area contributed by atoms with Gasteiger partial charge in [-0.2, -0.15) is 0 Å². The molecule has 23 heavy (non-hydrogen) atoms. The fourth-order valence-electron chi connectivity index (χ4n) is 2.31. The van der Waals surface area contributed by atoms with Crippen molar-refractivity contribution < 1.29 is 9.47 Å². The number of methoxy groups -OCH3 is 1. The molecule has 0 aliphatic carbocycles. The van der Waals surface area contributed by atoms with Crippen LogP contribution in [0, 0.1) is 5.92 Å². The Labute approximate surface area is 139 Å². The summed E-state index contributed by atoms with van der Waals surface area (Å²) in [6, 6.07) is 16.7. The standard InChI is InChI=1S/C20H27NO2/c1-16(2)15-23-19-10-9-18(13-20(19)22-3)14-21-12-11-17-7-5-4-6-8-17/h4-10,13,16,21H,11-12,14-15H2,1-3H3. The fourth-order valence-corrected chi connectivity index (χ4v) is 2.31. The molecule has 0 aromatic heterocycles. The molecule has 0 radical (unpaired) electrons. The summed E-state index contributed by atoms with van der Waals surface area (Å²) in [5.41, 5.74) is 2.56. The molecule has 0 saturated carbocycles. The Hall–Kier alpha value is -2.00. The molecule has 0 heterocycles. The van der Waals surface area contributed by atoms with Crippen molar-refractivity contribution >= 4 is 0 Å². The Balaban J connectivity index is 1.83. The van der Waals surface area contributed by atoms with Crippen molar-refractivity contribution in [3.63, 3.8) is 0 Å². The Morgan fingerprint density at radius 3 is 2.43 bits per heavy atom. The van der Waals surface area contributed by atoms with Crippen molar-refractivity contribution in [2.45, 2.75) is 26.8 Å². The summed E-state index contributed by atoms with van der Waals surface area (Å²) in [6.07, 6.45) is 1.04. The van der Waals surface area contributed by atoms with Gasteiger partial charge in [0.2, 0.25) is 0 Å². The third-order valence-electron chi connectivity index (χ3n) is 3.56. The van der Waals surface area contributed by atoms with Crippen LogP contribution in [0.5, 0.6) is 11.5 Å². The van der Waals surface area contributed by atoms with E-state index >= 15 is 0 Å². The minimum Gasteiger partial charge on any atom is -0.493 e. The molecule has 0 aliphatic heterocycles. The number of benzene rings is 2. The molecular weight excluding hydrogens is 286 g/mol. The zero-order chi connectivity index (χ0) is 16.5. The predicted molar refractivity (Wildman–Crippen MR) is 95.2 cm³/mol. The highest BCUT2D eigenvalue weighted by Crippen LogP contribution is 2.28. The summed E-state index contributed by atoms with van der Waals surface area (Å²) in [7, 11) is 1.68. The lowest BCUT2D eigenvalue weighted by molar-refractivity contribution is 0.256. The monoisotopic (exact) mass is 313 g/mol. The molecule has 0 saturated heterocycles. The molecule has 0 spiro atoms. The van der Waals surface area contributed by atoms with Gasteiger partial charge in [0.25, 0.3) is 0 Å². The highest BCUT2D eigenvalue weighted by molar-refractivity contribution is 5.43. The maximum Gasteiger partial charge on any atom is 0.161 e. The zero-order valence-corrected chi connectivity index (χ0v) is 14.3. The summed E-state index contributed by atoms with van der Waals surface area (Å²) in [6.45, 7) is 6.76. The minimum atomic E-state index is 0.499. The molecule has 0 aliphatic rings. The summed E-state index contributed by atoms with van der Waals surface area (Å²) < 4.78 is 11.2. The maximum atomic E-state index is 5.78. The first-order valence-electron chi connectivity index (χ1n) is 8.23. The number of rotatable bonds is 9. The van der Waals surface area contributed by atoms with Crippen LogP contribution in [-0.4, -0.2) is 20.3 Å². The fraction of sp³-hybridized carbons (Fsp3) is 0.400. The molecule has 3 heteroatoms. The first-order valence-corrected chi connectivity index (χ1v) is 8.23. The van der Waals surface area contributed by atoms with Crippen LogP contribution in [0.15, 0.2) is 48.5 Å². The average Bonchev–Trinajstić information content (AvgIpc) is 2.58. The zero-order valence-electron chi connectivity index (χ0n) is 14.3. The maximum absolute atomic E-state index is 5.78. The smallest absolute Gasteiger partial charge is 0.161 e. The van der Waals surface area contributed by atoms with E-state index in [1.165, 1.54) is 11.1 Å². The van der Waals surface area contributed by atoms with Crippen molar-refractivity contribution in [2.75, 3.05) is 20.3 Å². The SMILES string of the molecule is COc1cc(CNCCc2ccccc2)ccc1OCC(C)C. The molecule has 2 aromatic carbocycles. The lowest BCUT2D eigenvalue weighted by Gasteiger charge is -2.14. The third-order valence-corrected chi connectivity index (χ3v) is 3.56. The molecule has 124 valence electrons. The van der Waals surface area contributed by atoms with E-state index in [1.807, 2.05) is 18.2 Å². The van der Waals surface area contributed by atoms with E-state index in [0.29, 0.717) is 12.5 Å². The molecule has 0 atom stereocenters. The molecule has 2 aromatic rings. The second-order valence-electron chi connectivity index (χ2n) is 6.10. The van der Waals surface area contributed by atoms with E-state index < -0.39 is 0 Å². The van der Waals surface area contributed by atoms with Crippen LogP contribution in [0.25, 0.3) is 0 Å². The summed E-state index contributed by atoms with van der Waals surface area (Å²) in [5.74, 6) is 2.11. The minimum absolute atomic E-state index is 0.499. The van der Waals surface area contributed by atoms with Crippen LogP contribution in [0.1, 0.15) is 25.0 Å². The summed E-state index contributed by atoms with van der Waals surface area (Å²) in [5, 5.41) is 3.47. The van der Waals surface area contributed by atoms with E-state index in [-0.39, 0.29) is 0 Å². The lowest BCUT2D eigenvalue weighted by atomic mass is 10.1. The van der Waals surface area contributed by atoms with Crippen molar-refractivity contribution in [2.24, 2.45) is 5.92 Å². The van der Waals surface area contributed by atoms with E-state index in [0.717, 1.165) is 31.0 Å². The first-order chi connectivity index (χ1) is 11.2. The molecule has 0 amide bonds. The van der Waals surface area contributed by atoms with Crippen molar-refractivity contribution in [1.29, 1.82) is 0 Å². The topological polar surface area (TPSA) is 30.5 Å². The van der Waals surface area contributed by atoms with Crippen LogP contribution < -0.4 is 14.8 Å². The van der Waals surface area contributed by atoms with Crippen LogP contribution in [-0.2, 0) is 13.0 Å². The number of hydrogen-bond acceptors (Lipinski definition) is 3. The second kappa shape index (κ2) is 9.21. The van der Waals surface area contributed by atoms with E-state index in [4.69, 9.17) is 9.47 Å². The van der Waals surface area contributed by atoms with Crippen molar-refractivity contribution in [1.82, 2.24) is 5.32 Å². The van der Waals surface area contributed by atoms with Gasteiger partial charge in [-0.25, -0.2) is 0 Å². The van der Waals surface area contributed by atoms with Crippen molar-refractivity contribution in [3.05, 3.63) is 59.7 Å². The quantitative estimate of drug-likeness (QED) is 0.708. The van der Waals surface area contributed by atoms with Crippen LogP contribution in [0.4, 0.5) is 0 Å². The Kier molecular flexibility index (Phi) is 6.95. The Morgan fingerprint density at radius 2 is 1.74 bits per heavy atom. The van der Waals surface area contributed by atoms with Gasteiger partial charge in [0, 0.05) is 6.54 Å². The molecule has 0 unspecified atom stereocenters. The van der Waals surface area contributed by atoms with Gasteiger partial charge in [-0.3, -0.25) is 0 Å². The van der Waals surface area contributed by atoms with E-state index in [2.05, 4.69) is 49.5 Å². The average molecular weight is 313 g/mol. The number of hydrogen-bond donors (Lipinski definition) is 1. The Bertz CT molecular complexity index is 581. The second-order valence-corrected chi connectivity index (χ2v) is 6.10. The number of nitrogens with one attached hydrogen (secondary N) is 1.